The summed E-state index contributed by atoms with van der Waals surface area (Å²) in [7, 11) is 0. The fourth-order valence-electron chi connectivity index (χ4n) is 4.04. The van der Waals surface area contributed by atoms with E-state index in [1.54, 1.807) is 30.5 Å². The van der Waals surface area contributed by atoms with Crippen molar-refractivity contribution in [3.8, 4) is 0 Å². The van der Waals surface area contributed by atoms with Crippen LogP contribution >= 0.6 is 0 Å². The molecular formula is C26H34N6O10. The number of aromatic amines is 1. The molecule has 42 heavy (non-hydrogen) atoms. The Balaban J connectivity index is 2.30. The summed E-state index contributed by atoms with van der Waals surface area (Å²) in [6.07, 6.45) is -0.797. The maximum Gasteiger partial charge on any atom is 0.326 e. The molecule has 0 aliphatic rings. The molecule has 0 fully saturated rings. The number of benzene rings is 1. The van der Waals surface area contributed by atoms with E-state index in [4.69, 9.17) is 21.7 Å². The molecule has 0 bridgehead atoms. The Labute approximate surface area is 239 Å². The number of H-pyrrole nitrogens is 1. The van der Waals surface area contributed by atoms with Crippen molar-refractivity contribution < 1.29 is 48.9 Å². The normalized spacial score (nSPS) is 13.7. The maximum absolute atomic E-state index is 13.4. The second-order valence-corrected chi connectivity index (χ2v) is 9.56. The summed E-state index contributed by atoms with van der Waals surface area (Å²) in [4.78, 5) is 87.0. The van der Waals surface area contributed by atoms with E-state index in [9.17, 15) is 38.7 Å². The minimum atomic E-state index is -1.55. The number of para-hydroxylation sites is 1. The van der Waals surface area contributed by atoms with Gasteiger partial charge in [-0.25, -0.2) is 4.79 Å². The third-order valence-electron chi connectivity index (χ3n) is 6.31. The number of hydrogen-bond acceptors (Lipinski definition) is 8. The Kier molecular flexibility index (Phi) is 12.4. The van der Waals surface area contributed by atoms with E-state index in [0.717, 1.165) is 10.9 Å². The molecule has 4 amide bonds. The Hall–Kier alpha value is -4.99. The number of carboxylic acids is 3. The van der Waals surface area contributed by atoms with E-state index in [0.29, 0.717) is 5.56 Å². The average Bonchev–Trinajstić information content (AvgIpc) is 3.33. The van der Waals surface area contributed by atoms with Crippen LogP contribution in [-0.2, 0) is 40.0 Å². The highest BCUT2D eigenvalue weighted by molar-refractivity contribution is 5.95. The van der Waals surface area contributed by atoms with Crippen LogP contribution in [0.5, 0.6) is 0 Å². The smallest absolute Gasteiger partial charge is 0.326 e. The standard InChI is InChI=1S/C26H34N6O10/c27-15(5-9-21(34)35)23(38)32-19(11-13-12-29-16-4-2-1-3-14(13)16)25(40)30-17(7-10-22(36)37)24(39)31-18(26(41)42)6-8-20(28)33/h1-4,12,15,17-19,29H,5-11,27H2,(H2,28,33)(H,30,40)(H,31,39)(H,32,38)(H,34,35)(H,36,37)(H,41,42). The molecule has 2 rings (SSSR count). The second kappa shape index (κ2) is 15.7. The number of primary amides is 1. The van der Waals surface area contributed by atoms with Crippen molar-refractivity contribution >= 4 is 52.4 Å². The molecule has 0 saturated heterocycles. The van der Waals surface area contributed by atoms with Gasteiger partial charge in [0.25, 0.3) is 0 Å². The molecule has 1 aromatic heterocycles. The Morgan fingerprint density at radius 3 is 1.90 bits per heavy atom. The highest BCUT2D eigenvalue weighted by Crippen LogP contribution is 2.19. The van der Waals surface area contributed by atoms with Crippen molar-refractivity contribution in [1.29, 1.82) is 0 Å². The zero-order valence-electron chi connectivity index (χ0n) is 22.5. The third-order valence-corrected chi connectivity index (χ3v) is 6.31. The largest absolute Gasteiger partial charge is 0.481 e. The number of carbonyl (C=O) groups is 7. The molecule has 1 aromatic carbocycles. The monoisotopic (exact) mass is 590 g/mol. The van der Waals surface area contributed by atoms with Gasteiger partial charge in [-0.1, -0.05) is 18.2 Å². The van der Waals surface area contributed by atoms with Gasteiger partial charge < -0.3 is 47.7 Å². The van der Waals surface area contributed by atoms with Gasteiger partial charge in [0.05, 0.1) is 6.04 Å². The molecule has 4 atom stereocenters. The van der Waals surface area contributed by atoms with E-state index < -0.39 is 85.0 Å². The summed E-state index contributed by atoms with van der Waals surface area (Å²) >= 11 is 0. The predicted octanol–water partition coefficient (Wildman–Crippen LogP) is -1.43. The van der Waals surface area contributed by atoms with Crippen LogP contribution in [0.3, 0.4) is 0 Å². The van der Waals surface area contributed by atoms with Gasteiger partial charge in [-0.3, -0.25) is 28.8 Å². The van der Waals surface area contributed by atoms with Crippen molar-refractivity contribution in [2.24, 2.45) is 11.5 Å². The average molecular weight is 591 g/mol. The molecule has 0 aliphatic carbocycles. The SMILES string of the molecule is NC(=O)CCC(NC(=O)C(CCC(=O)O)NC(=O)C(Cc1c[nH]c2ccccc12)NC(=O)C(N)CCC(=O)O)C(=O)O. The number of rotatable bonds is 18. The van der Waals surface area contributed by atoms with Gasteiger partial charge >= 0.3 is 17.9 Å². The van der Waals surface area contributed by atoms with Crippen LogP contribution in [0, 0.1) is 0 Å². The maximum atomic E-state index is 13.4. The van der Waals surface area contributed by atoms with Gasteiger partial charge in [-0.05, 0) is 30.9 Å². The number of carbonyl (C=O) groups excluding carboxylic acids is 4. The van der Waals surface area contributed by atoms with Gasteiger partial charge in [0, 0.05) is 42.8 Å². The summed E-state index contributed by atoms with van der Waals surface area (Å²) in [5.74, 6) is -7.52. The molecule has 0 aliphatic heterocycles. The zero-order chi connectivity index (χ0) is 31.4. The van der Waals surface area contributed by atoms with Crippen molar-refractivity contribution in [1.82, 2.24) is 20.9 Å². The molecule has 0 saturated carbocycles. The summed E-state index contributed by atoms with van der Waals surface area (Å²) in [5, 5.41) is 35.2. The van der Waals surface area contributed by atoms with Crippen LogP contribution < -0.4 is 27.4 Å². The Morgan fingerprint density at radius 2 is 1.29 bits per heavy atom. The van der Waals surface area contributed by atoms with Crippen LogP contribution in [0.25, 0.3) is 10.9 Å². The van der Waals surface area contributed by atoms with E-state index >= 15 is 0 Å². The van der Waals surface area contributed by atoms with Crippen LogP contribution in [0.1, 0.15) is 44.1 Å². The highest BCUT2D eigenvalue weighted by Gasteiger charge is 2.31. The number of amides is 4. The Bertz CT molecular complexity index is 1330. The van der Waals surface area contributed by atoms with Gasteiger partial charge in [0.1, 0.15) is 18.1 Å². The number of aromatic nitrogens is 1. The molecular weight excluding hydrogens is 556 g/mol. The third kappa shape index (κ3) is 10.5. The summed E-state index contributed by atoms with van der Waals surface area (Å²) in [6.45, 7) is 0. The van der Waals surface area contributed by atoms with Crippen molar-refractivity contribution in [2.75, 3.05) is 0 Å². The molecule has 11 N–H and O–H groups in total. The summed E-state index contributed by atoms with van der Waals surface area (Å²) in [5.41, 5.74) is 12.2. The fraction of sp³-hybridized carbons (Fsp3) is 0.423. The number of aliphatic carboxylic acids is 3. The van der Waals surface area contributed by atoms with E-state index in [-0.39, 0.29) is 25.7 Å². The molecule has 1 heterocycles. The van der Waals surface area contributed by atoms with Gasteiger partial charge in [-0.15, -0.1) is 0 Å². The number of carboxylic acid groups (broad SMARTS) is 3. The lowest BCUT2D eigenvalue weighted by atomic mass is 10.0. The van der Waals surface area contributed by atoms with E-state index in [1.807, 2.05) is 0 Å². The minimum absolute atomic E-state index is 0.100. The second-order valence-electron chi connectivity index (χ2n) is 9.56. The zero-order valence-corrected chi connectivity index (χ0v) is 22.5. The number of hydrogen-bond donors (Lipinski definition) is 9. The molecule has 0 spiro atoms. The first kappa shape index (κ1) is 33.2. The van der Waals surface area contributed by atoms with E-state index in [1.165, 1.54) is 0 Å². The number of nitrogens with two attached hydrogens (primary N) is 2. The lowest BCUT2D eigenvalue weighted by Gasteiger charge is -2.25. The van der Waals surface area contributed by atoms with Crippen LogP contribution in [-0.4, -0.2) is 86.0 Å². The lowest BCUT2D eigenvalue weighted by Crippen LogP contribution is -2.57. The van der Waals surface area contributed by atoms with Crippen LogP contribution in [0.15, 0.2) is 30.5 Å². The summed E-state index contributed by atoms with van der Waals surface area (Å²) < 4.78 is 0. The minimum Gasteiger partial charge on any atom is -0.481 e. The van der Waals surface area contributed by atoms with Gasteiger partial charge in [-0.2, -0.15) is 0 Å². The molecule has 228 valence electrons. The molecule has 2 aromatic rings. The first-order valence-corrected chi connectivity index (χ1v) is 12.9. The summed E-state index contributed by atoms with van der Waals surface area (Å²) in [6, 6.07) is 1.41. The molecule has 16 heteroatoms. The molecule has 0 radical (unpaired) electrons. The predicted molar refractivity (Wildman–Crippen MR) is 146 cm³/mol. The highest BCUT2D eigenvalue weighted by atomic mass is 16.4. The topological polar surface area (TPSA) is 284 Å². The Morgan fingerprint density at radius 1 is 0.738 bits per heavy atom. The lowest BCUT2D eigenvalue weighted by molar-refractivity contribution is -0.143. The first-order valence-electron chi connectivity index (χ1n) is 12.9. The quantitative estimate of drug-likeness (QED) is 0.0970. The van der Waals surface area contributed by atoms with Crippen LogP contribution in [0.2, 0.25) is 0 Å². The van der Waals surface area contributed by atoms with Crippen molar-refractivity contribution in [2.45, 2.75) is 69.1 Å². The fourth-order valence-corrected chi connectivity index (χ4v) is 4.04. The van der Waals surface area contributed by atoms with Crippen molar-refractivity contribution in [3.05, 3.63) is 36.0 Å². The van der Waals surface area contributed by atoms with E-state index in [2.05, 4.69) is 20.9 Å². The number of nitrogens with one attached hydrogen (secondary N) is 4. The van der Waals surface area contributed by atoms with Gasteiger partial charge in [0.15, 0.2) is 0 Å². The first-order chi connectivity index (χ1) is 19.8. The van der Waals surface area contributed by atoms with Crippen molar-refractivity contribution in [3.63, 3.8) is 0 Å². The number of fused-ring (bicyclic) bond motifs is 1. The van der Waals surface area contributed by atoms with Gasteiger partial charge in [0.2, 0.25) is 23.6 Å². The van der Waals surface area contributed by atoms with Crippen LogP contribution in [0.4, 0.5) is 0 Å². The molecule has 4 unspecified atom stereocenters. The molecule has 16 nitrogen and oxygen atoms in total.